The van der Waals surface area contributed by atoms with Gasteiger partial charge in [0.05, 0.1) is 12.1 Å². The first-order valence-corrected chi connectivity index (χ1v) is 4.04. The lowest BCUT2D eigenvalue weighted by Crippen LogP contribution is -2.36. The average Bonchev–Trinajstić information content (AvgIpc) is 2.34. The molecule has 0 saturated carbocycles. The third-order valence-corrected chi connectivity index (χ3v) is 2.33. The first-order valence-electron chi connectivity index (χ1n) is 4.04. The second kappa shape index (κ2) is 3.32. The average molecular weight is 157 g/mol. The van der Waals surface area contributed by atoms with Crippen LogP contribution in [0.2, 0.25) is 0 Å². The summed E-state index contributed by atoms with van der Waals surface area (Å²) in [6.45, 7) is 4.98. The van der Waals surface area contributed by atoms with E-state index in [0.717, 1.165) is 13.0 Å². The third-order valence-electron chi connectivity index (χ3n) is 2.33. The minimum atomic E-state index is -0.225. The largest absolute Gasteiger partial charge is 0.392 e. The Hall–Kier alpha value is -0.410. The third kappa shape index (κ3) is 2.01. The molecule has 0 aromatic rings. The van der Waals surface area contributed by atoms with Gasteiger partial charge in [-0.25, -0.2) is 0 Å². The van der Waals surface area contributed by atoms with Crippen molar-refractivity contribution in [1.29, 1.82) is 0 Å². The molecule has 1 rings (SSSR count). The highest BCUT2D eigenvalue weighted by molar-refractivity contribution is 5.80. The van der Waals surface area contributed by atoms with Crippen molar-refractivity contribution in [2.45, 2.75) is 32.4 Å². The molecule has 1 heterocycles. The highest BCUT2D eigenvalue weighted by atomic mass is 16.3. The molecule has 1 aliphatic rings. The van der Waals surface area contributed by atoms with Gasteiger partial charge < -0.3 is 5.11 Å². The topological polar surface area (TPSA) is 40.5 Å². The Bertz CT molecular complexity index is 158. The molecule has 11 heavy (non-hydrogen) atoms. The van der Waals surface area contributed by atoms with Crippen LogP contribution in [0.25, 0.3) is 0 Å². The van der Waals surface area contributed by atoms with Crippen LogP contribution in [-0.2, 0) is 4.79 Å². The number of aliphatic hydroxyl groups is 1. The monoisotopic (exact) mass is 157 g/mol. The van der Waals surface area contributed by atoms with Gasteiger partial charge in [-0.1, -0.05) is 0 Å². The second-order valence-electron chi connectivity index (χ2n) is 3.22. The smallest absolute Gasteiger partial charge is 0.146 e. The highest BCUT2D eigenvalue weighted by Gasteiger charge is 2.26. The predicted molar refractivity (Wildman–Crippen MR) is 42.3 cm³/mol. The molecule has 3 nitrogen and oxygen atoms in total. The number of Topliss-reactive ketones (excluding diaryl/α,β-unsaturated/α-hetero) is 1. The molecular formula is C8H15NO2. The van der Waals surface area contributed by atoms with Gasteiger partial charge in [-0.2, -0.15) is 0 Å². The van der Waals surface area contributed by atoms with Crippen LogP contribution in [0.1, 0.15) is 20.3 Å². The lowest BCUT2D eigenvalue weighted by molar-refractivity contribution is -0.121. The van der Waals surface area contributed by atoms with Crippen LogP contribution < -0.4 is 0 Å². The zero-order chi connectivity index (χ0) is 8.43. The summed E-state index contributed by atoms with van der Waals surface area (Å²) in [5, 5.41) is 9.18. The van der Waals surface area contributed by atoms with Crippen molar-refractivity contribution in [1.82, 2.24) is 4.90 Å². The van der Waals surface area contributed by atoms with Crippen LogP contribution in [0, 0.1) is 0 Å². The molecule has 0 bridgehead atoms. The van der Waals surface area contributed by atoms with E-state index in [0.29, 0.717) is 6.54 Å². The molecule has 0 spiro atoms. The van der Waals surface area contributed by atoms with E-state index in [2.05, 4.69) is 0 Å². The second-order valence-corrected chi connectivity index (χ2v) is 3.22. The Balaban J connectivity index is 2.43. The Labute approximate surface area is 67.0 Å². The van der Waals surface area contributed by atoms with Crippen molar-refractivity contribution in [3.05, 3.63) is 0 Å². The van der Waals surface area contributed by atoms with Gasteiger partial charge >= 0.3 is 0 Å². The maximum absolute atomic E-state index is 10.9. The normalized spacial score (nSPS) is 28.8. The molecule has 3 heteroatoms. The number of likely N-dealkylation sites (tertiary alicyclic amines) is 1. The Kier molecular flexibility index (Phi) is 2.62. The van der Waals surface area contributed by atoms with E-state index in [4.69, 9.17) is 0 Å². The summed E-state index contributed by atoms with van der Waals surface area (Å²) in [6.07, 6.45) is 0.578. The molecule has 0 radical (unpaired) electrons. The van der Waals surface area contributed by atoms with E-state index in [-0.39, 0.29) is 17.9 Å². The van der Waals surface area contributed by atoms with Crippen molar-refractivity contribution < 1.29 is 9.90 Å². The molecule has 1 saturated heterocycles. The summed E-state index contributed by atoms with van der Waals surface area (Å²) in [5.74, 6) is 0.180. The van der Waals surface area contributed by atoms with E-state index in [1.165, 1.54) is 0 Å². The van der Waals surface area contributed by atoms with Gasteiger partial charge in [-0.3, -0.25) is 9.69 Å². The van der Waals surface area contributed by atoms with Crippen LogP contribution >= 0.6 is 0 Å². The van der Waals surface area contributed by atoms with E-state index in [9.17, 15) is 9.90 Å². The Morgan fingerprint density at radius 3 is 2.73 bits per heavy atom. The molecule has 1 N–H and O–H groups in total. The molecule has 0 aliphatic carbocycles. The summed E-state index contributed by atoms with van der Waals surface area (Å²) >= 11 is 0. The highest BCUT2D eigenvalue weighted by Crippen LogP contribution is 2.12. The van der Waals surface area contributed by atoms with Gasteiger partial charge in [0.15, 0.2) is 0 Å². The maximum Gasteiger partial charge on any atom is 0.146 e. The number of hydrogen-bond acceptors (Lipinski definition) is 3. The fraction of sp³-hybridized carbons (Fsp3) is 0.875. The fourth-order valence-corrected chi connectivity index (χ4v) is 1.38. The first-order chi connectivity index (χ1) is 5.11. The summed E-state index contributed by atoms with van der Waals surface area (Å²) < 4.78 is 0. The standard InChI is InChI=1S/C8H15NO2/c1-6(7(2)10)9-4-3-8(11)5-9/h6,8,11H,3-5H2,1-2H3. The summed E-state index contributed by atoms with van der Waals surface area (Å²) in [5.41, 5.74) is 0. The Morgan fingerprint density at radius 1 is 1.73 bits per heavy atom. The number of nitrogens with zero attached hydrogens (tertiary/aromatic N) is 1. The first kappa shape index (κ1) is 8.68. The lowest BCUT2D eigenvalue weighted by Gasteiger charge is -2.20. The summed E-state index contributed by atoms with van der Waals surface area (Å²) in [4.78, 5) is 12.9. The van der Waals surface area contributed by atoms with Gasteiger partial charge in [0.1, 0.15) is 5.78 Å². The number of β-amino-alcohol motifs (C(OH)–C–C–N with tert-alkyl or cyclic N) is 1. The summed E-state index contributed by atoms with van der Waals surface area (Å²) in [6, 6.07) is -0.0212. The number of rotatable bonds is 2. The van der Waals surface area contributed by atoms with Crippen molar-refractivity contribution in [2.75, 3.05) is 13.1 Å². The maximum atomic E-state index is 10.9. The predicted octanol–water partition coefficient (Wildman–Crippen LogP) is 0.0305. The van der Waals surface area contributed by atoms with Crippen molar-refractivity contribution in [3.8, 4) is 0 Å². The minimum Gasteiger partial charge on any atom is -0.392 e. The van der Waals surface area contributed by atoms with Crippen molar-refractivity contribution >= 4 is 5.78 Å². The lowest BCUT2D eigenvalue weighted by atomic mass is 10.2. The minimum absolute atomic E-state index is 0.0212. The molecule has 0 aromatic heterocycles. The molecule has 64 valence electrons. The van der Waals surface area contributed by atoms with E-state index in [1.54, 1.807) is 6.92 Å². The summed E-state index contributed by atoms with van der Waals surface area (Å²) in [7, 11) is 0. The molecule has 1 fully saturated rings. The van der Waals surface area contributed by atoms with Crippen LogP contribution in [-0.4, -0.2) is 41.0 Å². The quantitative estimate of drug-likeness (QED) is 0.615. The fourth-order valence-electron chi connectivity index (χ4n) is 1.38. The molecular weight excluding hydrogens is 142 g/mol. The molecule has 2 unspecified atom stereocenters. The number of carbonyl (C=O) groups excluding carboxylic acids is 1. The van der Waals surface area contributed by atoms with Crippen LogP contribution in [0.3, 0.4) is 0 Å². The van der Waals surface area contributed by atoms with Gasteiger partial charge in [0.2, 0.25) is 0 Å². The van der Waals surface area contributed by atoms with Gasteiger partial charge in [0.25, 0.3) is 0 Å². The van der Waals surface area contributed by atoms with Crippen LogP contribution in [0.4, 0.5) is 0 Å². The van der Waals surface area contributed by atoms with E-state index < -0.39 is 0 Å². The van der Waals surface area contributed by atoms with Crippen molar-refractivity contribution in [2.24, 2.45) is 0 Å². The van der Waals surface area contributed by atoms with E-state index >= 15 is 0 Å². The zero-order valence-corrected chi connectivity index (χ0v) is 7.08. The van der Waals surface area contributed by atoms with Crippen LogP contribution in [0.5, 0.6) is 0 Å². The van der Waals surface area contributed by atoms with E-state index in [1.807, 2.05) is 11.8 Å². The number of aliphatic hydroxyl groups excluding tert-OH is 1. The Morgan fingerprint density at radius 2 is 2.36 bits per heavy atom. The molecule has 2 atom stereocenters. The zero-order valence-electron chi connectivity index (χ0n) is 7.08. The number of ketones is 1. The van der Waals surface area contributed by atoms with Gasteiger partial charge in [0, 0.05) is 13.1 Å². The van der Waals surface area contributed by atoms with Crippen LogP contribution in [0.15, 0.2) is 0 Å². The van der Waals surface area contributed by atoms with Gasteiger partial charge in [-0.15, -0.1) is 0 Å². The molecule has 0 aromatic carbocycles. The van der Waals surface area contributed by atoms with Gasteiger partial charge in [-0.05, 0) is 20.3 Å². The molecule has 0 amide bonds. The number of hydrogen-bond donors (Lipinski definition) is 1. The molecule has 1 aliphatic heterocycles. The van der Waals surface area contributed by atoms with Crippen molar-refractivity contribution in [3.63, 3.8) is 0 Å². The SMILES string of the molecule is CC(=O)C(C)N1CCC(O)C1. The number of carbonyl (C=O) groups is 1.